The fourth-order valence-corrected chi connectivity index (χ4v) is 5.62. The summed E-state index contributed by atoms with van der Waals surface area (Å²) in [5.41, 5.74) is -0.535. The molecule has 5 atom stereocenters. The van der Waals surface area contributed by atoms with Crippen LogP contribution in [0, 0.1) is 5.92 Å². The molecule has 240 valence electrons. The molecule has 1 unspecified atom stereocenters. The first-order valence-corrected chi connectivity index (χ1v) is 15.8. The third-order valence-corrected chi connectivity index (χ3v) is 8.43. The van der Waals surface area contributed by atoms with Gasteiger partial charge in [0, 0.05) is 19.5 Å². The Bertz CT molecular complexity index is 1280. The largest absolute Gasteiger partial charge is 0.416 e. The summed E-state index contributed by atoms with van der Waals surface area (Å²) in [7, 11) is -3.90. The molecule has 0 aromatic heterocycles. The van der Waals surface area contributed by atoms with Crippen LogP contribution in [-0.2, 0) is 42.0 Å². The highest BCUT2D eigenvalue weighted by atomic mass is 32.2. The van der Waals surface area contributed by atoms with Crippen molar-refractivity contribution in [2.24, 2.45) is 11.1 Å². The Balaban J connectivity index is 1.91. The predicted octanol–water partition coefficient (Wildman–Crippen LogP) is 0.716. The average molecular weight is 633 g/mol. The van der Waals surface area contributed by atoms with Gasteiger partial charge in [-0.1, -0.05) is 32.4 Å². The smallest absolute Gasteiger partial charge is 0.343 e. The first kappa shape index (κ1) is 34.3. The summed E-state index contributed by atoms with van der Waals surface area (Å²) in [5.74, 6) is -2.65. The van der Waals surface area contributed by atoms with Gasteiger partial charge in [-0.2, -0.15) is 21.6 Å². The zero-order valence-electron chi connectivity index (χ0n) is 24.1. The molecule has 2 aliphatic heterocycles. The van der Waals surface area contributed by atoms with Crippen LogP contribution in [0.3, 0.4) is 0 Å². The number of fused-ring (bicyclic) bond motifs is 1. The van der Waals surface area contributed by atoms with Crippen LogP contribution in [0.1, 0.15) is 63.5 Å². The minimum atomic E-state index is -4.55. The number of hydrogen-bond acceptors (Lipinski definition) is 6. The fraction of sp³-hybridized carbons (Fsp3) is 0.630. The molecule has 0 bridgehead atoms. The lowest BCUT2D eigenvalue weighted by Crippen LogP contribution is -2.62. The van der Waals surface area contributed by atoms with Crippen molar-refractivity contribution in [2.45, 2.75) is 89.1 Å². The van der Waals surface area contributed by atoms with Crippen molar-refractivity contribution in [2.75, 3.05) is 13.1 Å². The molecule has 0 radical (unpaired) electrons. The number of nitrogens with two attached hydrogens (primary N) is 1. The molecule has 2 fully saturated rings. The van der Waals surface area contributed by atoms with Gasteiger partial charge in [-0.15, -0.1) is 0 Å². The molecular weight excluding hydrogens is 593 g/mol. The Hall–Kier alpha value is -3.24. The number of unbranched alkanes of at least 4 members (excludes halogenated alkanes) is 1. The van der Waals surface area contributed by atoms with Gasteiger partial charge in [0.1, 0.15) is 24.2 Å². The van der Waals surface area contributed by atoms with Crippen LogP contribution in [-0.4, -0.2) is 74.2 Å². The number of halogens is 3. The van der Waals surface area contributed by atoms with E-state index in [4.69, 9.17) is 5.14 Å². The first-order valence-electron chi connectivity index (χ1n) is 14.3. The second-order valence-electron chi connectivity index (χ2n) is 11.0. The van der Waals surface area contributed by atoms with Crippen LogP contribution in [0.5, 0.6) is 0 Å². The van der Waals surface area contributed by atoms with E-state index in [1.54, 1.807) is 6.92 Å². The zero-order valence-corrected chi connectivity index (χ0v) is 24.9. The van der Waals surface area contributed by atoms with Crippen LogP contribution < -0.4 is 25.8 Å². The number of nitrogens with zero attached hydrogens (tertiary/aromatic N) is 1. The van der Waals surface area contributed by atoms with Crippen molar-refractivity contribution in [3.05, 3.63) is 35.4 Å². The van der Waals surface area contributed by atoms with Gasteiger partial charge >= 0.3 is 6.18 Å². The first-order chi connectivity index (χ1) is 20.1. The highest BCUT2D eigenvalue weighted by Crippen LogP contribution is 2.29. The lowest BCUT2D eigenvalue weighted by molar-refractivity contribution is -0.144. The molecule has 2 heterocycles. The maximum Gasteiger partial charge on any atom is 0.416 e. The Morgan fingerprint density at radius 3 is 2.23 bits per heavy atom. The third kappa shape index (κ3) is 9.63. The molecule has 43 heavy (non-hydrogen) atoms. The Morgan fingerprint density at radius 1 is 1.00 bits per heavy atom. The standard InChI is InChI=1S/C27H39F3N6O6S/c1-3-16(2)22-26(40)36-14-6-8-21(36)25(39)33-19(7-4-5-13-32-43(31,41)42)23(37)34-20(24(38)35-22)15-17-9-11-18(12-10-17)27(28,29)30/h9-12,16,19-22,32H,3-8,13-15H2,1-2H3,(H,33,39)(H,34,37)(H,35,38)(H2,31,41,42)/t16?,19-,20+,21+,22+/m0/s1. The summed E-state index contributed by atoms with van der Waals surface area (Å²) in [4.78, 5) is 55.5. The predicted molar refractivity (Wildman–Crippen MR) is 150 cm³/mol. The van der Waals surface area contributed by atoms with Gasteiger partial charge < -0.3 is 20.9 Å². The molecule has 0 saturated carbocycles. The number of carbonyl (C=O) groups is 4. The van der Waals surface area contributed by atoms with Gasteiger partial charge in [-0.3, -0.25) is 19.2 Å². The van der Waals surface area contributed by atoms with Crippen molar-refractivity contribution in [1.82, 2.24) is 25.6 Å². The van der Waals surface area contributed by atoms with Crippen molar-refractivity contribution in [1.29, 1.82) is 0 Å². The van der Waals surface area contributed by atoms with E-state index in [1.165, 1.54) is 17.0 Å². The second kappa shape index (κ2) is 14.5. The van der Waals surface area contributed by atoms with E-state index < -0.39 is 69.7 Å². The molecule has 2 aliphatic rings. The lowest BCUT2D eigenvalue weighted by Gasteiger charge is -2.34. The molecule has 1 aromatic rings. The van der Waals surface area contributed by atoms with E-state index in [2.05, 4.69) is 20.7 Å². The van der Waals surface area contributed by atoms with E-state index in [0.717, 1.165) is 12.1 Å². The van der Waals surface area contributed by atoms with Crippen LogP contribution in [0.4, 0.5) is 13.2 Å². The molecule has 16 heteroatoms. The van der Waals surface area contributed by atoms with Crippen molar-refractivity contribution < 1.29 is 40.8 Å². The second-order valence-corrected chi connectivity index (χ2v) is 12.4. The number of benzene rings is 1. The van der Waals surface area contributed by atoms with Gasteiger partial charge in [-0.05, 0) is 55.7 Å². The van der Waals surface area contributed by atoms with Crippen molar-refractivity contribution in [3.63, 3.8) is 0 Å². The SMILES string of the molecule is CCC(C)[C@H]1NC(=O)[C@@H](Cc2ccc(C(F)(F)F)cc2)NC(=O)[C@H](CCCCNS(N)(=O)=O)NC(=O)[C@H]2CCCN2C1=O. The quantitative estimate of drug-likeness (QED) is 0.237. The zero-order chi connectivity index (χ0) is 31.9. The third-order valence-electron chi connectivity index (χ3n) is 7.83. The number of nitrogens with one attached hydrogen (secondary N) is 4. The minimum absolute atomic E-state index is 0.00196. The van der Waals surface area contributed by atoms with Gasteiger partial charge in [0.05, 0.1) is 5.56 Å². The number of rotatable bonds is 10. The molecular formula is C27H39F3N6O6S. The number of amides is 4. The van der Waals surface area contributed by atoms with Crippen LogP contribution in [0.25, 0.3) is 0 Å². The molecule has 6 N–H and O–H groups in total. The Kier molecular flexibility index (Phi) is 11.5. The minimum Gasteiger partial charge on any atom is -0.343 e. The average Bonchev–Trinajstić information content (AvgIpc) is 3.43. The van der Waals surface area contributed by atoms with Gasteiger partial charge in [-0.25, -0.2) is 9.86 Å². The highest BCUT2D eigenvalue weighted by Gasteiger charge is 2.42. The topological polar surface area (TPSA) is 180 Å². The van der Waals surface area contributed by atoms with E-state index in [1.807, 2.05) is 6.92 Å². The number of hydrogen-bond donors (Lipinski definition) is 5. The van der Waals surface area contributed by atoms with Gasteiger partial charge in [0.2, 0.25) is 23.6 Å². The van der Waals surface area contributed by atoms with Crippen molar-refractivity contribution in [3.8, 4) is 0 Å². The molecule has 0 aliphatic carbocycles. The number of alkyl halides is 3. The molecule has 1 aromatic carbocycles. The normalized spacial score (nSPS) is 24.7. The van der Waals surface area contributed by atoms with Crippen LogP contribution >= 0.6 is 0 Å². The van der Waals surface area contributed by atoms with E-state index in [-0.39, 0.29) is 31.7 Å². The maximum absolute atomic E-state index is 13.7. The van der Waals surface area contributed by atoms with Gasteiger partial charge in [0.25, 0.3) is 10.2 Å². The Morgan fingerprint density at radius 2 is 1.63 bits per heavy atom. The van der Waals surface area contributed by atoms with E-state index in [9.17, 15) is 40.8 Å². The molecule has 0 spiro atoms. The van der Waals surface area contributed by atoms with Crippen LogP contribution in [0.15, 0.2) is 24.3 Å². The summed E-state index contributed by atoms with van der Waals surface area (Å²) in [6.45, 7) is 3.93. The lowest BCUT2D eigenvalue weighted by atomic mass is 9.95. The maximum atomic E-state index is 13.7. The van der Waals surface area contributed by atoms with E-state index in [0.29, 0.717) is 37.8 Å². The fourth-order valence-electron chi connectivity index (χ4n) is 5.19. The van der Waals surface area contributed by atoms with Crippen LogP contribution in [0.2, 0.25) is 0 Å². The number of carbonyl (C=O) groups excluding carboxylic acids is 4. The van der Waals surface area contributed by atoms with Gasteiger partial charge in [0.15, 0.2) is 0 Å². The van der Waals surface area contributed by atoms with Crippen molar-refractivity contribution >= 4 is 33.8 Å². The summed E-state index contributed by atoms with van der Waals surface area (Å²) in [6, 6.07) is -0.0560. The summed E-state index contributed by atoms with van der Waals surface area (Å²) in [5, 5.41) is 13.0. The monoisotopic (exact) mass is 632 g/mol. The highest BCUT2D eigenvalue weighted by molar-refractivity contribution is 7.87. The van der Waals surface area contributed by atoms with E-state index >= 15 is 0 Å². The summed E-state index contributed by atoms with van der Waals surface area (Å²) >= 11 is 0. The molecule has 12 nitrogen and oxygen atoms in total. The molecule has 3 rings (SSSR count). The summed E-state index contributed by atoms with van der Waals surface area (Å²) < 4.78 is 63.6. The molecule has 4 amide bonds. The molecule has 2 saturated heterocycles. The summed E-state index contributed by atoms with van der Waals surface area (Å²) in [6.07, 6.45) is -2.61. The Labute approximate surface area is 248 Å².